The minimum absolute atomic E-state index is 0.00884. The predicted molar refractivity (Wildman–Crippen MR) is 51.6 cm³/mol. The van der Waals surface area contributed by atoms with E-state index in [1.807, 2.05) is 0 Å². The molecule has 2 rings (SSSR count). The first-order valence-corrected chi connectivity index (χ1v) is 4.21. The summed E-state index contributed by atoms with van der Waals surface area (Å²) in [6.07, 6.45) is -0.0177. The van der Waals surface area contributed by atoms with Gasteiger partial charge in [-0.2, -0.15) is 0 Å². The summed E-state index contributed by atoms with van der Waals surface area (Å²) in [6.45, 7) is 0. The van der Waals surface area contributed by atoms with Crippen molar-refractivity contribution in [2.24, 2.45) is 0 Å². The van der Waals surface area contributed by atoms with E-state index in [0.29, 0.717) is 10.2 Å². The maximum Gasteiger partial charge on any atom is 0.182 e. The first kappa shape index (κ1) is 7.92. The fourth-order valence-electron chi connectivity index (χ4n) is 1.05. The summed E-state index contributed by atoms with van der Waals surface area (Å²) in [5, 5.41) is 7.17. The second-order valence-corrected chi connectivity index (χ2v) is 3.26. The number of hydrogen-bond acceptors (Lipinski definition) is 4. The van der Waals surface area contributed by atoms with E-state index in [1.54, 1.807) is 0 Å². The quantitative estimate of drug-likeness (QED) is 0.264. The average Bonchev–Trinajstić information content (AvgIpc) is 2.58. The molecular weight excluding hydrogens is 196 g/mol. The Morgan fingerprint density at radius 3 is 1.50 bits per heavy atom. The second kappa shape index (κ2) is 2.98. The van der Waals surface area contributed by atoms with Gasteiger partial charge in [-0.3, -0.25) is 10.9 Å². The highest BCUT2D eigenvalue weighted by molar-refractivity contribution is 7.80. The van der Waals surface area contributed by atoms with Crippen molar-refractivity contribution in [1.82, 2.24) is 32.3 Å². The van der Waals surface area contributed by atoms with Crippen LogP contribution in [0.4, 0.5) is 0 Å². The molecule has 8 heteroatoms. The van der Waals surface area contributed by atoms with E-state index in [1.165, 1.54) is 0 Å². The lowest BCUT2D eigenvalue weighted by molar-refractivity contribution is 0.372. The number of thiocarbonyl (C=S) groups is 2. The van der Waals surface area contributed by atoms with Gasteiger partial charge in [-0.25, -0.2) is 10.9 Å². The Kier molecular flexibility index (Phi) is 1.97. The third kappa shape index (κ3) is 1.41. The summed E-state index contributed by atoms with van der Waals surface area (Å²) in [6, 6.07) is 0. The van der Waals surface area contributed by atoms with Gasteiger partial charge in [0.15, 0.2) is 10.2 Å². The van der Waals surface area contributed by atoms with E-state index in [4.69, 9.17) is 24.4 Å². The van der Waals surface area contributed by atoms with Crippen LogP contribution in [0.2, 0.25) is 0 Å². The van der Waals surface area contributed by atoms with Crippen LogP contribution in [0.1, 0.15) is 0 Å². The minimum atomic E-state index is -0.00884. The molecule has 6 N–H and O–H groups in total. The first-order chi connectivity index (χ1) is 5.75. The summed E-state index contributed by atoms with van der Waals surface area (Å²) < 4.78 is 0. The Hall–Kier alpha value is -0.700. The number of nitrogens with one attached hydrogen (secondary N) is 6. The van der Waals surface area contributed by atoms with E-state index in [0.717, 1.165) is 0 Å². The molecule has 2 heterocycles. The molecule has 0 bridgehead atoms. The van der Waals surface area contributed by atoms with Crippen LogP contribution in [0, 0.1) is 0 Å². The molecule has 0 aromatic heterocycles. The van der Waals surface area contributed by atoms with Crippen LogP contribution in [-0.2, 0) is 0 Å². The minimum Gasteiger partial charge on any atom is -0.342 e. The lowest BCUT2D eigenvalue weighted by Gasteiger charge is -2.16. The number of hydrogen-bond donors (Lipinski definition) is 6. The molecule has 2 aliphatic rings. The topological polar surface area (TPSA) is 72.2 Å². The molecule has 0 saturated carbocycles. The third-order valence-corrected chi connectivity index (χ3v) is 2.03. The summed E-state index contributed by atoms with van der Waals surface area (Å²) in [5.74, 6) is 0. The van der Waals surface area contributed by atoms with Gasteiger partial charge in [-0.1, -0.05) is 0 Å². The molecule has 2 atom stereocenters. The second-order valence-electron chi connectivity index (χ2n) is 2.44. The molecule has 2 aliphatic heterocycles. The van der Waals surface area contributed by atoms with Crippen molar-refractivity contribution in [2.45, 2.75) is 12.3 Å². The van der Waals surface area contributed by atoms with Crippen molar-refractivity contribution < 1.29 is 0 Å². The summed E-state index contributed by atoms with van der Waals surface area (Å²) in [5.41, 5.74) is 11.4. The zero-order valence-corrected chi connectivity index (χ0v) is 7.60. The largest absolute Gasteiger partial charge is 0.342 e. The van der Waals surface area contributed by atoms with Crippen LogP contribution < -0.4 is 32.3 Å². The maximum atomic E-state index is 4.87. The SMILES string of the molecule is S=C1NNC(C2NNC(=S)N2)N1. The molecule has 0 aliphatic carbocycles. The van der Waals surface area contributed by atoms with Crippen LogP contribution in [0.25, 0.3) is 0 Å². The Morgan fingerprint density at radius 2 is 1.25 bits per heavy atom. The standard InChI is InChI=1S/C4H8N6S2/c11-3-5-1(7-9-3)2-6-4(12)10-8-2/h1-2,7-8H,(H2,5,9,11)(H2,6,10,12). The molecule has 66 valence electrons. The molecule has 0 aromatic rings. The van der Waals surface area contributed by atoms with Crippen molar-refractivity contribution in [3.63, 3.8) is 0 Å². The van der Waals surface area contributed by atoms with Crippen LogP contribution in [0.15, 0.2) is 0 Å². The molecule has 0 amide bonds. The zero-order chi connectivity index (χ0) is 8.55. The van der Waals surface area contributed by atoms with Crippen molar-refractivity contribution in [3.8, 4) is 0 Å². The van der Waals surface area contributed by atoms with Crippen LogP contribution in [0.3, 0.4) is 0 Å². The highest BCUT2D eigenvalue weighted by Crippen LogP contribution is 1.93. The highest BCUT2D eigenvalue weighted by Gasteiger charge is 2.29. The fourth-order valence-corrected chi connectivity index (χ4v) is 1.42. The van der Waals surface area contributed by atoms with Crippen LogP contribution in [-0.4, -0.2) is 22.6 Å². The van der Waals surface area contributed by atoms with Crippen LogP contribution in [0.5, 0.6) is 0 Å². The molecular formula is C4H8N6S2. The van der Waals surface area contributed by atoms with Gasteiger partial charge in [0.1, 0.15) is 12.3 Å². The normalized spacial score (nSPS) is 33.7. The Labute approximate surface area is 79.8 Å². The molecule has 6 nitrogen and oxygen atoms in total. The Bertz CT molecular complexity index is 206. The third-order valence-electron chi connectivity index (χ3n) is 1.59. The lowest BCUT2D eigenvalue weighted by atomic mass is 10.4. The van der Waals surface area contributed by atoms with Gasteiger partial charge in [0, 0.05) is 0 Å². The van der Waals surface area contributed by atoms with E-state index < -0.39 is 0 Å². The Balaban J connectivity index is 1.93. The number of rotatable bonds is 1. The van der Waals surface area contributed by atoms with Gasteiger partial charge in [-0.15, -0.1) is 0 Å². The molecule has 0 aromatic carbocycles. The summed E-state index contributed by atoms with van der Waals surface area (Å²) in [4.78, 5) is 0. The van der Waals surface area contributed by atoms with Crippen LogP contribution >= 0.6 is 24.4 Å². The zero-order valence-electron chi connectivity index (χ0n) is 5.97. The van der Waals surface area contributed by atoms with Gasteiger partial charge in [0.2, 0.25) is 0 Å². The van der Waals surface area contributed by atoms with Crippen molar-refractivity contribution in [1.29, 1.82) is 0 Å². The fraction of sp³-hybridized carbons (Fsp3) is 0.500. The monoisotopic (exact) mass is 204 g/mol. The van der Waals surface area contributed by atoms with Crippen molar-refractivity contribution in [2.75, 3.05) is 0 Å². The van der Waals surface area contributed by atoms with E-state index in [-0.39, 0.29) is 12.3 Å². The van der Waals surface area contributed by atoms with Gasteiger partial charge in [-0.05, 0) is 24.4 Å². The maximum absolute atomic E-state index is 4.87. The summed E-state index contributed by atoms with van der Waals surface area (Å²) >= 11 is 9.73. The highest BCUT2D eigenvalue weighted by atomic mass is 32.1. The van der Waals surface area contributed by atoms with Crippen molar-refractivity contribution in [3.05, 3.63) is 0 Å². The predicted octanol–water partition coefficient (Wildman–Crippen LogP) is -2.40. The van der Waals surface area contributed by atoms with Gasteiger partial charge in [0.05, 0.1) is 0 Å². The molecule has 0 radical (unpaired) electrons. The summed E-state index contributed by atoms with van der Waals surface area (Å²) in [7, 11) is 0. The van der Waals surface area contributed by atoms with Gasteiger partial charge >= 0.3 is 0 Å². The van der Waals surface area contributed by atoms with Gasteiger partial charge < -0.3 is 10.6 Å². The number of hydrazine groups is 2. The van der Waals surface area contributed by atoms with E-state index in [2.05, 4.69) is 32.3 Å². The molecule has 2 saturated heterocycles. The van der Waals surface area contributed by atoms with E-state index >= 15 is 0 Å². The molecule has 0 spiro atoms. The molecule has 2 fully saturated rings. The lowest BCUT2D eigenvalue weighted by Crippen LogP contribution is -2.54. The molecule has 12 heavy (non-hydrogen) atoms. The Morgan fingerprint density at radius 1 is 0.833 bits per heavy atom. The smallest absolute Gasteiger partial charge is 0.182 e. The van der Waals surface area contributed by atoms with E-state index in [9.17, 15) is 0 Å². The molecule has 2 unspecified atom stereocenters. The van der Waals surface area contributed by atoms with Crippen molar-refractivity contribution >= 4 is 34.7 Å². The first-order valence-electron chi connectivity index (χ1n) is 3.40. The van der Waals surface area contributed by atoms with Gasteiger partial charge in [0.25, 0.3) is 0 Å². The average molecular weight is 204 g/mol.